The number of aromatic nitrogens is 1. The predicted molar refractivity (Wildman–Crippen MR) is 113 cm³/mol. The number of piperidine rings is 1. The first-order chi connectivity index (χ1) is 14.5. The molecule has 1 aliphatic rings. The molecule has 2 aromatic rings. The normalized spacial score (nSPS) is 14.1. The van der Waals surface area contributed by atoms with E-state index < -0.39 is 11.8 Å². The van der Waals surface area contributed by atoms with Crippen molar-refractivity contribution >= 4 is 35.0 Å². The van der Waals surface area contributed by atoms with E-state index in [1.165, 1.54) is 13.2 Å². The number of hydrogen-bond donors (Lipinski definition) is 2. The third-order valence-electron chi connectivity index (χ3n) is 5.00. The summed E-state index contributed by atoms with van der Waals surface area (Å²) in [5, 5.41) is 5.59. The SMILES string of the molecule is COc1ccc(Cl)cc1NC(=O)C(=O)NCC1CCN(C(=O)c2ccncc2)CC1. The highest BCUT2D eigenvalue weighted by Crippen LogP contribution is 2.27. The summed E-state index contributed by atoms with van der Waals surface area (Å²) in [5.41, 5.74) is 0.943. The van der Waals surface area contributed by atoms with Crippen LogP contribution in [0.3, 0.4) is 0 Å². The lowest BCUT2D eigenvalue weighted by molar-refractivity contribution is -0.136. The summed E-state index contributed by atoms with van der Waals surface area (Å²) >= 11 is 5.93. The Kier molecular flexibility index (Phi) is 7.24. The number of methoxy groups -OCH3 is 1. The van der Waals surface area contributed by atoms with Crippen LogP contribution in [0.2, 0.25) is 5.02 Å². The van der Waals surface area contributed by atoms with E-state index in [1.54, 1.807) is 41.6 Å². The van der Waals surface area contributed by atoms with Gasteiger partial charge in [-0.05, 0) is 49.1 Å². The number of likely N-dealkylation sites (tertiary alicyclic amines) is 1. The van der Waals surface area contributed by atoms with Gasteiger partial charge >= 0.3 is 11.8 Å². The summed E-state index contributed by atoms with van der Waals surface area (Å²) < 4.78 is 5.16. The summed E-state index contributed by atoms with van der Waals surface area (Å²) in [6.45, 7) is 1.58. The maximum Gasteiger partial charge on any atom is 0.313 e. The fourth-order valence-electron chi connectivity index (χ4n) is 3.29. The van der Waals surface area contributed by atoms with Crippen LogP contribution in [0.25, 0.3) is 0 Å². The van der Waals surface area contributed by atoms with Crippen molar-refractivity contribution in [1.82, 2.24) is 15.2 Å². The third kappa shape index (κ3) is 5.48. The highest BCUT2D eigenvalue weighted by atomic mass is 35.5. The summed E-state index contributed by atoms with van der Waals surface area (Å²) in [6, 6.07) is 8.14. The molecule has 0 bridgehead atoms. The van der Waals surface area contributed by atoms with Gasteiger partial charge in [-0.1, -0.05) is 11.6 Å². The Morgan fingerprint density at radius 3 is 2.50 bits per heavy atom. The monoisotopic (exact) mass is 430 g/mol. The first kappa shape index (κ1) is 21.6. The summed E-state index contributed by atoms with van der Waals surface area (Å²) in [4.78, 5) is 42.5. The lowest BCUT2D eigenvalue weighted by Gasteiger charge is -2.32. The van der Waals surface area contributed by atoms with Crippen molar-refractivity contribution in [2.24, 2.45) is 5.92 Å². The zero-order valence-electron chi connectivity index (χ0n) is 16.6. The van der Waals surface area contributed by atoms with E-state index in [9.17, 15) is 14.4 Å². The van der Waals surface area contributed by atoms with Gasteiger partial charge in [0.15, 0.2) is 0 Å². The van der Waals surface area contributed by atoms with Crippen LogP contribution >= 0.6 is 11.6 Å². The van der Waals surface area contributed by atoms with Gasteiger partial charge in [0.1, 0.15) is 5.75 Å². The molecule has 8 nitrogen and oxygen atoms in total. The Balaban J connectivity index is 1.45. The molecule has 3 rings (SSSR count). The van der Waals surface area contributed by atoms with E-state index in [0.29, 0.717) is 41.7 Å². The number of nitrogens with one attached hydrogen (secondary N) is 2. The molecule has 2 heterocycles. The number of nitrogens with zero attached hydrogens (tertiary/aromatic N) is 2. The molecule has 1 aliphatic heterocycles. The zero-order valence-corrected chi connectivity index (χ0v) is 17.3. The fraction of sp³-hybridized carbons (Fsp3) is 0.333. The number of ether oxygens (including phenoxy) is 1. The maximum atomic E-state index is 12.5. The van der Waals surface area contributed by atoms with E-state index in [0.717, 1.165) is 12.8 Å². The number of carbonyl (C=O) groups excluding carboxylic acids is 3. The van der Waals surface area contributed by atoms with Crippen LogP contribution in [0.15, 0.2) is 42.7 Å². The minimum atomic E-state index is -0.791. The van der Waals surface area contributed by atoms with E-state index in [4.69, 9.17) is 16.3 Å². The van der Waals surface area contributed by atoms with Crippen LogP contribution in [-0.4, -0.2) is 54.3 Å². The van der Waals surface area contributed by atoms with Crippen molar-refractivity contribution in [3.8, 4) is 5.75 Å². The lowest BCUT2D eigenvalue weighted by atomic mass is 9.96. The van der Waals surface area contributed by atoms with E-state index in [1.807, 2.05) is 0 Å². The van der Waals surface area contributed by atoms with E-state index in [-0.39, 0.29) is 11.8 Å². The van der Waals surface area contributed by atoms with E-state index >= 15 is 0 Å². The van der Waals surface area contributed by atoms with Gasteiger partial charge in [0.2, 0.25) is 0 Å². The summed E-state index contributed by atoms with van der Waals surface area (Å²) in [6.07, 6.45) is 4.70. The molecule has 0 aliphatic carbocycles. The van der Waals surface area contributed by atoms with Gasteiger partial charge in [-0.2, -0.15) is 0 Å². The van der Waals surface area contributed by atoms with Crippen molar-refractivity contribution in [2.45, 2.75) is 12.8 Å². The van der Waals surface area contributed by atoms with Crippen LogP contribution in [0, 0.1) is 5.92 Å². The van der Waals surface area contributed by atoms with Gasteiger partial charge < -0.3 is 20.3 Å². The third-order valence-corrected chi connectivity index (χ3v) is 5.23. The molecule has 0 spiro atoms. The molecule has 158 valence electrons. The van der Waals surface area contributed by atoms with Gasteiger partial charge in [0, 0.05) is 42.6 Å². The topological polar surface area (TPSA) is 101 Å². The molecule has 3 amide bonds. The Labute approximate surface area is 179 Å². The van der Waals surface area contributed by atoms with Crippen molar-refractivity contribution in [3.63, 3.8) is 0 Å². The Morgan fingerprint density at radius 2 is 1.83 bits per heavy atom. The number of hydrogen-bond acceptors (Lipinski definition) is 5. The Morgan fingerprint density at radius 1 is 1.13 bits per heavy atom. The van der Waals surface area contributed by atoms with Crippen molar-refractivity contribution in [3.05, 3.63) is 53.3 Å². The van der Waals surface area contributed by atoms with Gasteiger partial charge in [-0.3, -0.25) is 19.4 Å². The fourth-order valence-corrected chi connectivity index (χ4v) is 3.46. The predicted octanol–water partition coefficient (Wildman–Crippen LogP) is 2.35. The highest BCUT2D eigenvalue weighted by molar-refractivity contribution is 6.40. The number of benzene rings is 1. The van der Waals surface area contributed by atoms with Crippen molar-refractivity contribution < 1.29 is 19.1 Å². The molecule has 30 heavy (non-hydrogen) atoms. The molecular formula is C21H23ClN4O4. The molecule has 2 N–H and O–H groups in total. The standard InChI is InChI=1S/C21H23ClN4O4/c1-30-18-3-2-16(22)12-17(18)25-20(28)19(27)24-13-14-6-10-26(11-7-14)21(29)15-4-8-23-9-5-15/h2-5,8-9,12,14H,6-7,10-11,13H2,1H3,(H,24,27)(H,25,28). The molecule has 0 unspecified atom stereocenters. The average molecular weight is 431 g/mol. The molecular weight excluding hydrogens is 408 g/mol. The van der Waals surface area contributed by atoms with E-state index in [2.05, 4.69) is 15.6 Å². The van der Waals surface area contributed by atoms with Crippen LogP contribution in [0.1, 0.15) is 23.2 Å². The molecule has 0 saturated carbocycles. The molecule has 0 atom stereocenters. The quantitative estimate of drug-likeness (QED) is 0.709. The van der Waals surface area contributed by atoms with Gasteiger partial charge in [0.05, 0.1) is 12.8 Å². The second-order valence-corrected chi connectivity index (χ2v) is 7.42. The zero-order chi connectivity index (χ0) is 21.5. The number of rotatable bonds is 5. The van der Waals surface area contributed by atoms with Gasteiger partial charge in [0.25, 0.3) is 5.91 Å². The minimum Gasteiger partial charge on any atom is -0.495 e. The number of anilines is 1. The molecule has 1 aromatic carbocycles. The first-order valence-corrected chi connectivity index (χ1v) is 9.97. The second-order valence-electron chi connectivity index (χ2n) is 6.98. The molecule has 9 heteroatoms. The summed E-state index contributed by atoms with van der Waals surface area (Å²) in [7, 11) is 1.46. The lowest BCUT2D eigenvalue weighted by Crippen LogP contribution is -2.43. The molecule has 0 radical (unpaired) electrons. The molecule has 1 fully saturated rings. The van der Waals surface area contributed by atoms with Crippen LogP contribution in [-0.2, 0) is 9.59 Å². The molecule has 1 saturated heterocycles. The van der Waals surface area contributed by atoms with Crippen molar-refractivity contribution in [2.75, 3.05) is 32.1 Å². The first-order valence-electron chi connectivity index (χ1n) is 9.60. The molecule has 1 aromatic heterocycles. The van der Waals surface area contributed by atoms with Crippen LogP contribution < -0.4 is 15.4 Å². The number of halogens is 1. The number of carbonyl (C=O) groups is 3. The largest absolute Gasteiger partial charge is 0.495 e. The van der Waals surface area contributed by atoms with Gasteiger partial charge in [-0.15, -0.1) is 0 Å². The second kappa shape index (κ2) is 10.1. The maximum absolute atomic E-state index is 12.5. The van der Waals surface area contributed by atoms with Crippen LogP contribution in [0.4, 0.5) is 5.69 Å². The number of amides is 3. The Bertz CT molecular complexity index is 914. The van der Waals surface area contributed by atoms with Gasteiger partial charge in [-0.25, -0.2) is 0 Å². The number of pyridine rings is 1. The minimum absolute atomic E-state index is 0.0188. The van der Waals surface area contributed by atoms with Crippen molar-refractivity contribution in [1.29, 1.82) is 0 Å². The Hall–Kier alpha value is -3.13. The van der Waals surface area contributed by atoms with Crippen LogP contribution in [0.5, 0.6) is 5.75 Å². The smallest absolute Gasteiger partial charge is 0.313 e. The summed E-state index contributed by atoms with van der Waals surface area (Å²) in [5.74, 6) is -0.932. The highest BCUT2D eigenvalue weighted by Gasteiger charge is 2.25. The average Bonchev–Trinajstić information content (AvgIpc) is 2.78.